The number of nitrogens with zero attached hydrogens (tertiary/aromatic N) is 3. The molecular formula is C24H21N3O4. The second kappa shape index (κ2) is 7.85. The highest BCUT2D eigenvalue weighted by atomic mass is 16.5. The van der Waals surface area contributed by atoms with E-state index in [1.807, 2.05) is 30.3 Å². The summed E-state index contributed by atoms with van der Waals surface area (Å²) in [5.41, 5.74) is 2.73. The number of carbonyl (C=O) groups excluding carboxylic acids is 2. The maximum absolute atomic E-state index is 13.2. The Morgan fingerprint density at radius 1 is 0.935 bits per heavy atom. The first-order valence-corrected chi connectivity index (χ1v) is 10.1. The lowest BCUT2D eigenvalue weighted by Crippen LogP contribution is -2.38. The fraction of sp³-hybridized carbons (Fsp3) is 0.208. The highest BCUT2D eigenvalue weighted by Gasteiger charge is 2.34. The predicted octanol–water partition coefficient (Wildman–Crippen LogP) is 3.32. The van der Waals surface area contributed by atoms with E-state index in [1.165, 1.54) is 6.21 Å². The molecular weight excluding hydrogens is 394 g/mol. The molecule has 2 heterocycles. The number of methoxy groups -OCH3 is 1. The Morgan fingerprint density at radius 3 is 2.35 bits per heavy atom. The number of rotatable bonds is 4. The van der Waals surface area contributed by atoms with Gasteiger partial charge in [0.25, 0.3) is 11.8 Å². The van der Waals surface area contributed by atoms with Crippen LogP contribution in [0, 0.1) is 0 Å². The van der Waals surface area contributed by atoms with Crippen LogP contribution in [-0.4, -0.2) is 56.5 Å². The lowest BCUT2D eigenvalue weighted by molar-refractivity contribution is 0.0616. The smallest absolute Gasteiger partial charge is 0.282 e. The number of anilines is 1. The molecule has 0 aromatic heterocycles. The Morgan fingerprint density at radius 2 is 1.65 bits per heavy atom. The fourth-order valence-corrected chi connectivity index (χ4v) is 4.07. The van der Waals surface area contributed by atoms with Gasteiger partial charge < -0.3 is 14.4 Å². The molecule has 7 heteroatoms. The molecule has 2 amide bonds. The molecule has 0 atom stereocenters. The van der Waals surface area contributed by atoms with E-state index in [2.05, 4.69) is 10.0 Å². The normalized spacial score (nSPS) is 16.4. The van der Waals surface area contributed by atoms with Gasteiger partial charge in [-0.05, 0) is 48.0 Å². The van der Waals surface area contributed by atoms with Crippen molar-refractivity contribution in [3.05, 3.63) is 71.3 Å². The molecule has 3 aromatic carbocycles. The molecule has 156 valence electrons. The van der Waals surface area contributed by atoms with Crippen LogP contribution in [-0.2, 0) is 4.74 Å². The largest absolute Gasteiger partial charge is 0.497 e. The van der Waals surface area contributed by atoms with Crippen molar-refractivity contribution >= 4 is 34.5 Å². The van der Waals surface area contributed by atoms with Crippen molar-refractivity contribution in [2.75, 3.05) is 38.3 Å². The van der Waals surface area contributed by atoms with Crippen molar-refractivity contribution in [3.63, 3.8) is 0 Å². The van der Waals surface area contributed by atoms with Gasteiger partial charge in [0.05, 0.1) is 37.7 Å². The number of ether oxygens (including phenoxy) is 2. The summed E-state index contributed by atoms with van der Waals surface area (Å²) in [4.78, 5) is 28.6. The van der Waals surface area contributed by atoms with Crippen LogP contribution in [0.25, 0.3) is 10.8 Å². The van der Waals surface area contributed by atoms with Gasteiger partial charge in [0.15, 0.2) is 0 Å². The quantitative estimate of drug-likeness (QED) is 0.483. The average molecular weight is 415 g/mol. The van der Waals surface area contributed by atoms with Gasteiger partial charge in [-0.15, -0.1) is 0 Å². The van der Waals surface area contributed by atoms with E-state index in [4.69, 9.17) is 9.47 Å². The molecule has 0 bridgehead atoms. The van der Waals surface area contributed by atoms with Crippen LogP contribution < -0.4 is 9.64 Å². The van der Waals surface area contributed by atoms with Crippen LogP contribution in [0.1, 0.15) is 26.3 Å². The van der Waals surface area contributed by atoms with Crippen LogP contribution in [0.2, 0.25) is 0 Å². The summed E-state index contributed by atoms with van der Waals surface area (Å²) >= 11 is 0. The van der Waals surface area contributed by atoms with Crippen LogP contribution >= 0.6 is 0 Å². The Balaban J connectivity index is 1.53. The minimum atomic E-state index is -0.424. The van der Waals surface area contributed by atoms with Crippen molar-refractivity contribution in [1.29, 1.82) is 0 Å². The summed E-state index contributed by atoms with van der Waals surface area (Å²) in [6, 6.07) is 16.5. The molecule has 0 aliphatic carbocycles. The Bertz CT molecular complexity index is 1180. The molecule has 0 saturated carbocycles. The summed E-state index contributed by atoms with van der Waals surface area (Å²) in [6.45, 7) is 2.88. The fourth-order valence-electron chi connectivity index (χ4n) is 4.07. The van der Waals surface area contributed by atoms with E-state index in [0.717, 1.165) is 40.5 Å². The lowest BCUT2D eigenvalue weighted by Gasteiger charge is -2.31. The van der Waals surface area contributed by atoms with Gasteiger partial charge in [-0.3, -0.25) is 9.59 Å². The summed E-state index contributed by atoms with van der Waals surface area (Å²) < 4.78 is 10.6. The molecule has 0 unspecified atom stereocenters. The maximum atomic E-state index is 13.2. The second-order valence-corrected chi connectivity index (χ2v) is 7.40. The molecule has 5 rings (SSSR count). The van der Waals surface area contributed by atoms with Crippen molar-refractivity contribution < 1.29 is 19.1 Å². The summed E-state index contributed by atoms with van der Waals surface area (Å²) in [7, 11) is 1.59. The molecule has 0 radical (unpaired) electrons. The van der Waals surface area contributed by atoms with Gasteiger partial charge in [-0.1, -0.05) is 12.1 Å². The monoisotopic (exact) mass is 415 g/mol. The number of hydrogen-bond acceptors (Lipinski definition) is 6. The SMILES string of the molecule is COc1ccc(/C=N\N2C(=O)c3cccc4c(N5CCOCC5)ccc(c34)C2=O)cc1. The van der Waals surface area contributed by atoms with E-state index in [0.29, 0.717) is 29.7 Å². The number of benzene rings is 3. The molecule has 0 N–H and O–H groups in total. The second-order valence-electron chi connectivity index (χ2n) is 7.40. The summed E-state index contributed by atoms with van der Waals surface area (Å²) in [6.07, 6.45) is 1.50. The minimum absolute atomic E-state index is 0.424. The standard InChI is InChI=1S/C24H21N3O4/c1-30-17-7-5-16(6-8-17)15-25-27-23(28)19-4-2-3-18-21(26-11-13-31-14-12-26)10-9-20(22(18)19)24(27)29/h2-10,15H,11-14H2,1H3/b25-15-. The average Bonchev–Trinajstić information content (AvgIpc) is 2.83. The van der Waals surface area contributed by atoms with Crippen molar-refractivity contribution in [3.8, 4) is 5.75 Å². The lowest BCUT2D eigenvalue weighted by atomic mass is 9.93. The van der Waals surface area contributed by atoms with Gasteiger partial charge in [0, 0.05) is 29.5 Å². The Hall–Kier alpha value is -3.71. The first kappa shape index (κ1) is 19.3. The van der Waals surface area contributed by atoms with E-state index in [-0.39, 0.29) is 0 Å². The Kier molecular flexibility index (Phi) is 4.88. The van der Waals surface area contributed by atoms with Gasteiger partial charge in [0.2, 0.25) is 0 Å². The van der Waals surface area contributed by atoms with Gasteiger partial charge in [-0.25, -0.2) is 0 Å². The number of hydrazone groups is 1. The van der Waals surface area contributed by atoms with E-state index < -0.39 is 11.8 Å². The van der Waals surface area contributed by atoms with Crippen molar-refractivity contribution in [2.45, 2.75) is 0 Å². The van der Waals surface area contributed by atoms with Gasteiger partial charge >= 0.3 is 0 Å². The molecule has 1 fully saturated rings. The van der Waals surface area contributed by atoms with Crippen LogP contribution in [0.15, 0.2) is 59.7 Å². The molecule has 3 aromatic rings. The summed E-state index contributed by atoms with van der Waals surface area (Å²) in [5, 5.41) is 6.74. The first-order valence-electron chi connectivity index (χ1n) is 10.1. The zero-order valence-electron chi connectivity index (χ0n) is 17.1. The predicted molar refractivity (Wildman–Crippen MR) is 118 cm³/mol. The Labute approximate surface area is 179 Å². The van der Waals surface area contributed by atoms with Crippen LogP contribution in [0.4, 0.5) is 5.69 Å². The third kappa shape index (κ3) is 3.33. The van der Waals surface area contributed by atoms with Gasteiger partial charge in [0.1, 0.15) is 5.75 Å². The topological polar surface area (TPSA) is 71.4 Å². The van der Waals surface area contributed by atoms with Crippen molar-refractivity contribution in [1.82, 2.24) is 5.01 Å². The number of carbonyl (C=O) groups is 2. The third-order valence-corrected chi connectivity index (χ3v) is 5.65. The maximum Gasteiger partial charge on any atom is 0.282 e. The van der Waals surface area contributed by atoms with Crippen LogP contribution in [0.5, 0.6) is 5.75 Å². The number of morpholine rings is 1. The molecule has 1 saturated heterocycles. The highest BCUT2D eigenvalue weighted by molar-refractivity contribution is 6.26. The third-order valence-electron chi connectivity index (χ3n) is 5.65. The number of hydrogen-bond donors (Lipinski definition) is 0. The molecule has 31 heavy (non-hydrogen) atoms. The van der Waals surface area contributed by atoms with E-state index in [9.17, 15) is 9.59 Å². The highest BCUT2D eigenvalue weighted by Crippen LogP contribution is 2.36. The molecule has 0 spiro atoms. The molecule has 2 aliphatic rings. The molecule has 7 nitrogen and oxygen atoms in total. The van der Waals surface area contributed by atoms with Gasteiger partial charge in [-0.2, -0.15) is 10.1 Å². The summed E-state index contributed by atoms with van der Waals surface area (Å²) in [5.74, 6) is -0.127. The zero-order chi connectivity index (χ0) is 21.4. The molecule has 2 aliphatic heterocycles. The van der Waals surface area contributed by atoms with Crippen LogP contribution in [0.3, 0.4) is 0 Å². The zero-order valence-corrected chi connectivity index (χ0v) is 17.1. The number of amides is 2. The number of imide groups is 1. The van der Waals surface area contributed by atoms with Crippen molar-refractivity contribution in [2.24, 2.45) is 5.10 Å². The van der Waals surface area contributed by atoms with E-state index >= 15 is 0 Å². The minimum Gasteiger partial charge on any atom is -0.497 e. The first-order chi connectivity index (χ1) is 15.2. The van der Waals surface area contributed by atoms with E-state index in [1.54, 1.807) is 31.4 Å².